The van der Waals surface area contributed by atoms with Crippen LogP contribution in [0.15, 0.2) is 189 Å². The third kappa shape index (κ3) is 5.01. The fourth-order valence-corrected chi connectivity index (χ4v) is 8.31. The van der Waals surface area contributed by atoms with Gasteiger partial charge in [-0.3, -0.25) is 0 Å². The zero-order valence-electron chi connectivity index (χ0n) is 30.3. The van der Waals surface area contributed by atoms with Gasteiger partial charge >= 0.3 is 0 Å². The van der Waals surface area contributed by atoms with Crippen LogP contribution in [0, 0.1) is 0 Å². The Hall–Kier alpha value is -7.83. The second kappa shape index (κ2) is 12.3. The molecule has 0 unspecified atom stereocenters. The minimum absolute atomic E-state index is 0.586. The van der Waals surface area contributed by atoms with Crippen molar-refractivity contribution in [3.63, 3.8) is 0 Å². The molecule has 4 aromatic heterocycles. The van der Waals surface area contributed by atoms with Gasteiger partial charge in [0.05, 0.1) is 0 Å². The van der Waals surface area contributed by atoms with Gasteiger partial charge in [0.15, 0.2) is 17.5 Å². The molecule has 6 heteroatoms. The van der Waals surface area contributed by atoms with Crippen molar-refractivity contribution in [1.82, 2.24) is 15.0 Å². The maximum Gasteiger partial charge on any atom is 0.164 e. The highest BCUT2D eigenvalue weighted by Crippen LogP contribution is 2.43. The van der Waals surface area contributed by atoms with Crippen LogP contribution in [0.2, 0.25) is 0 Å². The number of nitrogens with zero attached hydrogens (tertiary/aromatic N) is 3. The van der Waals surface area contributed by atoms with Gasteiger partial charge in [-0.15, -0.1) is 0 Å². The van der Waals surface area contributed by atoms with E-state index in [1.807, 2.05) is 97.1 Å². The number of furan rings is 3. The van der Waals surface area contributed by atoms with Crippen molar-refractivity contribution in [1.29, 1.82) is 0 Å². The van der Waals surface area contributed by atoms with E-state index in [9.17, 15) is 0 Å². The first kappa shape index (κ1) is 31.5. The number of hydrogen-bond donors (Lipinski definition) is 0. The number of para-hydroxylation sites is 2. The molecule has 0 aliphatic rings. The molecule has 8 aromatic carbocycles. The molecule has 0 bridgehead atoms. The van der Waals surface area contributed by atoms with Crippen LogP contribution in [0.5, 0.6) is 0 Å². The van der Waals surface area contributed by atoms with Crippen molar-refractivity contribution in [3.8, 4) is 56.4 Å². The van der Waals surface area contributed by atoms with Crippen LogP contribution >= 0.6 is 0 Å². The predicted molar refractivity (Wildman–Crippen MR) is 229 cm³/mol. The number of fused-ring (bicyclic) bond motifs is 9. The predicted octanol–water partition coefficient (Wildman–Crippen LogP) is 13.9. The van der Waals surface area contributed by atoms with Crippen LogP contribution < -0.4 is 0 Å². The largest absolute Gasteiger partial charge is 0.456 e. The molecule has 0 spiro atoms. The third-order valence-electron chi connectivity index (χ3n) is 11.0. The molecule has 6 nitrogen and oxygen atoms in total. The molecule has 0 N–H and O–H groups in total. The van der Waals surface area contributed by atoms with Crippen LogP contribution in [0.4, 0.5) is 0 Å². The Labute approximate surface area is 325 Å². The molecule has 0 saturated carbocycles. The van der Waals surface area contributed by atoms with Gasteiger partial charge in [-0.05, 0) is 59.2 Å². The van der Waals surface area contributed by atoms with Gasteiger partial charge < -0.3 is 13.3 Å². The Morgan fingerprint density at radius 3 is 1.47 bits per heavy atom. The summed E-state index contributed by atoms with van der Waals surface area (Å²) in [5.41, 5.74) is 12.0. The summed E-state index contributed by atoms with van der Waals surface area (Å²) in [5.74, 6) is 1.81. The molecule has 0 aliphatic heterocycles. The van der Waals surface area contributed by atoms with Crippen LogP contribution in [0.1, 0.15) is 0 Å². The van der Waals surface area contributed by atoms with Gasteiger partial charge in [-0.1, -0.05) is 133 Å². The fraction of sp³-hybridized carbons (Fsp3) is 0. The van der Waals surface area contributed by atoms with Crippen molar-refractivity contribution >= 4 is 65.8 Å². The SMILES string of the molecule is c1ccc(-c2nc(-c3ccccc3)nc(-c3cccc4oc5ccc(-c6ccc7oc8c(-c9cccc%10oc%11ccccc%11c9%10)cccc8c7c6)cc5c34)n2)cc1. The Kier molecular flexibility index (Phi) is 6.83. The molecule has 0 amide bonds. The van der Waals surface area contributed by atoms with Gasteiger partial charge in [0.25, 0.3) is 0 Å². The first-order valence-corrected chi connectivity index (χ1v) is 18.9. The van der Waals surface area contributed by atoms with E-state index >= 15 is 0 Å². The second-order valence-corrected chi connectivity index (χ2v) is 14.3. The van der Waals surface area contributed by atoms with Gasteiger partial charge in [0, 0.05) is 54.6 Å². The first-order valence-electron chi connectivity index (χ1n) is 18.9. The number of benzene rings is 8. The van der Waals surface area contributed by atoms with E-state index in [-0.39, 0.29) is 0 Å². The van der Waals surface area contributed by atoms with Gasteiger partial charge in [-0.2, -0.15) is 0 Å². The van der Waals surface area contributed by atoms with E-state index < -0.39 is 0 Å². The standard InChI is InChI=1S/C51H29N3O3/c1-3-12-30(13-4-1)49-52-50(31-14-5-2-6-15-31)54-51(53-49)38-20-11-23-45-47(38)40-29-33(25-27-43(40)56-45)32-24-26-42-39(28-32)36-19-9-18-35(48(36)57-42)34-17-10-22-44-46(34)37-16-7-8-21-41(37)55-44/h1-29H. The van der Waals surface area contributed by atoms with Gasteiger partial charge in [0.1, 0.15) is 33.5 Å². The van der Waals surface area contributed by atoms with Crippen LogP contribution in [0.25, 0.3) is 122 Å². The zero-order valence-corrected chi connectivity index (χ0v) is 30.3. The summed E-state index contributed by atoms with van der Waals surface area (Å²) in [5, 5.41) is 6.24. The molecule has 0 aliphatic carbocycles. The lowest BCUT2D eigenvalue weighted by Gasteiger charge is -2.09. The molecular weight excluding hydrogens is 703 g/mol. The highest BCUT2D eigenvalue weighted by atomic mass is 16.3. The average molecular weight is 732 g/mol. The van der Waals surface area contributed by atoms with E-state index in [2.05, 4.69) is 78.9 Å². The van der Waals surface area contributed by atoms with Crippen molar-refractivity contribution in [2.24, 2.45) is 0 Å². The minimum atomic E-state index is 0.586. The van der Waals surface area contributed by atoms with E-state index in [0.717, 1.165) is 105 Å². The second-order valence-electron chi connectivity index (χ2n) is 14.3. The van der Waals surface area contributed by atoms with Crippen LogP contribution in [-0.2, 0) is 0 Å². The smallest absolute Gasteiger partial charge is 0.164 e. The molecule has 12 aromatic rings. The van der Waals surface area contributed by atoms with Crippen LogP contribution in [0.3, 0.4) is 0 Å². The Morgan fingerprint density at radius 1 is 0.281 bits per heavy atom. The Balaban J connectivity index is 1.01. The summed E-state index contributed by atoms with van der Waals surface area (Å²) in [7, 11) is 0. The van der Waals surface area contributed by atoms with E-state index in [1.54, 1.807) is 0 Å². The Morgan fingerprint density at radius 2 is 0.772 bits per heavy atom. The highest BCUT2D eigenvalue weighted by molar-refractivity contribution is 6.18. The Bertz CT molecular complexity index is 3470. The zero-order chi connectivity index (χ0) is 37.5. The van der Waals surface area contributed by atoms with Crippen molar-refractivity contribution in [2.75, 3.05) is 0 Å². The summed E-state index contributed by atoms with van der Waals surface area (Å²) in [6.45, 7) is 0. The van der Waals surface area contributed by atoms with Crippen molar-refractivity contribution in [3.05, 3.63) is 176 Å². The van der Waals surface area contributed by atoms with Crippen molar-refractivity contribution < 1.29 is 13.3 Å². The molecule has 4 heterocycles. The number of hydrogen-bond acceptors (Lipinski definition) is 6. The highest BCUT2D eigenvalue weighted by Gasteiger charge is 2.20. The normalized spacial score (nSPS) is 11.9. The lowest BCUT2D eigenvalue weighted by atomic mass is 9.96. The summed E-state index contributed by atoms with van der Waals surface area (Å²) in [4.78, 5) is 15.0. The fourth-order valence-electron chi connectivity index (χ4n) is 8.31. The molecule has 57 heavy (non-hydrogen) atoms. The molecule has 0 radical (unpaired) electrons. The summed E-state index contributed by atoms with van der Waals surface area (Å²) >= 11 is 0. The van der Waals surface area contributed by atoms with Crippen LogP contribution in [-0.4, -0.2) is 15.0 Å². The van der Waals surface area contributed by atoms with Crippen molar-refractivity contribution in [2.45, 2.75) is 0 Å². The molecule has 12 rings (SSSR count). The lowest BCUT2D eigenvalue weighted by molar-refractivity contribution is 0.668. The van der Waals surface area contributed by atoms with Gasteiger partial charge in [-0.25, -0.2) is 15.0 Å². The summed E-state index contributed by atoms with van der Waals surface area (Å²) in [6.07, 6.45) is 0. The van der Waals surface area contributed by atoms with E-state index in [4.69, 9.17) is 28.2 Å². The van der Waals surface area contributed by atoms with E-state index in [0.29, 0.717) is 17.5 Å². The topological polar surface area (TPSA) is 78.1 Å². The molecule has 0 fully saturated rings. The minimum Gasteiger partial charge on any atom is -0.456 e. The maximum atomic E-state index is 6.67. The number of aromatic nitrogens is 3. The maximum absolute atomic E-state index is 6.67. The monoisotopic (exact) mass is 731 g/mol. The average Bonchev–Trinajstić information content (AvgIpc) is 3.97. The third-order valence-corrected chi connectivity index (χ3v) is 11.0. The summed E-state index contributed by atoms with van der Waals surface area (Å²) < 4.78 is 19.4. The first-order chi connectivity index (χ1) is 28.2. The molecule has 0 saturated heterocycles. The molecule has 266 valence electrons. The lowest BCUT2D eigenvalue weighted by Crippen LogP contribution is -2.00. The quantitative estimate of drug-likeness (QED) is 0.175. The molecule has 0 atom stereocenters. The molecular formula is C51H29N3O3. The number of rotatable bonds is 5. The van der Waals surface area contributed by atoms with Gasteiger partial charge in [0.2, 0.25) is 0 Å². The van der Waals surface area contributed by atoms with E-state index in [1.165, 1.54) is 0 Å². The summed E-state index contributed by atoms with van der Waals surface area (Å²) in [6, 6.07) is 59.8.